The lowest BCUT2D eigenvalue weighted by molar-refractivity contribution is 0.0955. The van der Waals surface area contributed by atoms with Crippen LogP contribution in [-0.4, -0.2) is 38.1 Å². The maximum absolute atomic E-state index is 11.9. The number of ether oxygens (including phenoxy) is 1. The molecular weight excluding hydrogens is 503 g/mol. The van der Waals surface area contributed by atoms with Gasteiger partial charge in [0.15, 0.2) is 5.96 Å². The van der Waals surface area contributed by atoms with Crippen molar-refractivity contribution in [2.45, 2.75) is 26.5 Å². The third kappa shape index (κ3) is 8.91. The van der Waals surface area contributed by atoms with Gasteiger partial charge in [-0.05, 0) is 55.8 Å². The van der Waals surface area contributed by atoms with Crippen LogP contribution in [0.25, 0.3) is 0 Å². The quantitative estimate of drug-likeness (QED) is 0.275. The topological polar surface area (TPSA) is 74.8 Å². The first-order valence-electron chi connectivity index (χ1n) is 9.25. The van der Waals surface area contributed by atoms with E-state index in [4.69, 9.17) is 16.3 Å². The van der Waals surface area contributed by atoms with E-state index in [1.54, 1.807) is 25.2 Å². The molecule has 3 N–H and O–H groups in total. The molecular formula is C21H28ClIN4O2. The Labute approximate surface area is 194 Å². The molecule has 0 aliphatic heterocycles. The summed E-state index contributed by atoms with van der Waals surface area (Å²) >= 11 is 5.88. The van der Waals surface area contributed by atoms with Gasteiger partial charge < -0.3 is 20.7 Å². The Morgan fingerprint density at radius 1 is 1.14 bits per heavy atom. The van der Waals surface area contributed by atoms with Crippen LogP contribution in [0.1, 0.15) is 29.8 Å². The molecule has 2 rings (SSSR count). The van der Waals surface area contributed by atoms with Gasteiger partial charge >= 0.3 is 0 Å². The van der Waals surface area contributed by atoms with E-state index in [0.29, 0.717) is 36.2 Å². The average Bonchev–Trinajstić information content (AvgIpc) is 2.70. The van der Waals surface area contributed by atoms with E-state index in [0.717, 1.165) is 11.3 Å². The van der Waals surface area contributed by atoms with E-state index in [1.807, 2.05) is 44.2 Å². The summed E-state index contributed by atoms with van der Waals surface area (Å²) in [6.07, 6.45) is -0.0548. The predicted molar refractivity (Wildman–Crippen MR) is 130 cm³/mol. The number of guanidine groups is 1. The molecule has 1 unspecified atom stereocenters. The number of hydrogen-bond donors (Lipinski definition) is 3. The molecule has 0 saturated carbocycles. The number of carbonyl (C=O) groups is 1. The maximum atomic E-state index is 11.9. The Bertz CT molecular complexity index is 800. The van der Waals surface area contributed by atoms with Crippen LogP contribution in [-0.2, 0) is 6.54 Å². The van der Waals surface area contributed by atoms with E-state index in [-0.39, 0.29) is 36.0 Å². The van der Waals surface area contributed by atoms with Gasteiger partial charge in [-0.2, -0.15) is 0 Å². The largest absolute Gasteiger partial charge is 0.489 e. The van der Waals surface area contributed by atoms with Gasteiger partial charge in [0, 0.05) is 30.7 Å². The van der Waals surface area contributed by atoms with E-state index in [2.05, 4.69) is 20.9 Å². The molecule has 0 fully saturated rings. The fraction of sp³-hybridized carbons (Fsp3) is 0.333. The normalized spacial score (nSPS) is 11.8. The Kier molecular flexibility index (Phi) is 11.5. The van der Waals surface area contributed by atoms with Crippen molar-refractivity contribution < 1.29 is 9.53 Å². The summed E-state index contributed by atoms with van der Waals surface area (Å²) in [5.74, 6) is 1.36. The molecule has 0 aromatic heterocycles. The lowest BCUT2D eigenvalue weighted by atomic mass is 10.1. The van der Waals surface area contributed by atoms with Crippen molar-refractivity contribution in [1.82, 2.24) is 16.0 Å². The van der Waals surface area contributed by atoms with Crippen LogP contribution in [0.15, 0.2) is 53.5 Å². The van der Waals surface area contributed by atoms with Crippen molar-refractivity contribution in [3.63, 3.8) is 0 Å². The molecule has 6 nitrogen and oxygen atoms in total. The first-order valence-corrected chi connectivity index (χ1v) is 9.63. The zero-order valence-electron chi connectivity index (χ0n) is 16.9. The molecule has 0 radical (unpaired) electrons. The van der Waals surface area contributed by atoms with E-state index in [9.17, 15) is 4.79 Å². The second-order valence-electron chi connectivity index (χ2n) is 6.25. The van der Waals surface area contributed by atoms with Crippen LogP contribution in [0.3, 0.4) is 0 Å². The number of hydrogen-bond acceptors (Lipinski definition) is 3. The number of amides is 1. The van der Waals surface area contributed by atoms with Gasteiger partial charge in [0.2, 0.25) is 0 Å². The number of nitrogens with one attached hydrogen (secondary N) is 3. The summed E-state index contributed by atoms with van der Waals surface area (Å²) in [6.45, 7) is 5.62. The maximum Gasteiger partial charge on any atom is 0.251 e. The van der Waals surface area contributed by atoms with Crippen LogP contribution in [0.4, 0.5) is 0 Å². The summed E-state index contributed by atoms with van der Waals surface area (Å²) in [5.41, 5.74) is 1.64. The van der Waals surface area contributed by atoms with Gasteiger partial charge in [-0.1, -0.05) is 23.7 Å². The number of aliphatic imine (C=N–C) groups is 1. The third-order valence-electron chi connectivity index (χ3n) is 3.92. The molecule has 0 saturated heterocycles. The highest BCUT2D eigenvalue weighted by Crippen LogP contribution is 2.16. The standard InChI is InChI=1S/C21H27ClN4O2.HI/c1-4-24-20(27)17-7-5-6-16(12-17)14-26-21(23-3)25-13-15(2)28-19-10-8-18(22)9-11-19;/h5-12,15H,4,13-14H2,1-3H3,(H,24,27)(H2,23,25,26);1H. The van der Waals surface area contributed by atoms with E-state index >= 15 is 0 Å². The molecule has 0 heterocycles. The smallest absolute Gasteiger partial charge is 0.251 e. The van der Waals surface area contributed by atoms with Crippen LogP contribution >= 0.6 is 35.6 Å². The molecule has 2 aromatic carbocycles. The van der Waals surface area contributed by atoms with Gasteiger partial charge in [-0.15, -0.1) is 24.0 Å². The Morgan fingerprint density at radius 2 is 1.86 bits per heavy atom. The van der Waals surface area contributed by atoms with Crippen molar-refractivity contribution in [1.29, 1.82) is 0 Å². The minimum atomic E-state index is -0.0694. The Morgan fingerprint density at radius 3 is 2.52 bits per heavy atom. The molecule has 158 valence electrons. The van der Waals surface area contributed by atoms with Crippen LogP contribution in [0.5, 0.6) is 5.75 Å². The number of rotatable bonds is 8. The Hall–Kier alpha value is -2.00. The van der Waals surface area contributed by atoms with Gasteiger partial charge in [0.25, 0.3) is 5.91 Å². The lowest BCUT2D eigenvalue weighted by Crippen LogP contribution is -2.41. The molecule has 29 heavy (non-hydrogen) atoms. The number of carbonyl (C=O) groups excluding carboxylic acids is 1. The monoisotopic (exact) mass is 530 g/mol. The Balaban J connectivity index is 0.00000420. The van der Waals surface area contributed by atoms with Crippen LogP contribution < -0.4 is 20.7 Å². The van der Waals surface area contributed by atoms with Crippen molar-refractivity contribution in [2.24, 2.45) is 4.99 Å². The zero-order chi connectivity index (χ0) is 20.4. The van der Waals surface area contributed by atoms with E-state index < -0.39 is 0 Å². The molecule has 0 bridgehead atoms. The van der Waals surface area contributed by atoms with Crippen molar-refractivity contribution in [3.05, 3.63) is 64.7 Å². The minimum Gasteiger partial charge on any atom is -0.489 e. The molecule has 2 aromatic rings. The van der Waals surface area contributed by atoms with E-state index in [1.165, 1.54) is 0 Å². The zero-order valence-corrected chi connectivity index (χ0v) is 20.0. The summed E-state index contributed by atoms with van der Waals surface area (Å²) in [7, 11) is 1.71. The summed E-state index contributed by atoms with van der Waals surface area (Å²) < 4.78 is 5.84. The lowest BCUT2D eigenvalue weighted by Gasteiger charge is -2.18. The molecule has 0 aliphatic rings. The van der Waals surface area contributed by atoms with Gasteiger partial charge in [0.1, 0.15) is 11.9 Å². The molecule has 1 atom stereocenters. The second-order valence-corrected chi connectivity index (χ2v) is 6.69. The summed E-state index contributed by atoms with van der Waals surface area (Å²) in [4.78, 5) is 16.2. The third-order valence-corrected chi connectivity index (χ3v) is 4.17. The summed E-state index contributed by atoms with van der Waals surface area (Å²) in [5, 5.41) is 9.97. The molecule has 0 aliphatic carbocycles. The fourth-order valence-electron chi connectivity index (χ4n) is 2.52. The number of halogens is 2. The van der Waals surface area contributed by atoms with Crippen molar-refractivity contribution >= 4 is 47.4 Å². The van der Waals surface area contributed by atoms with Crippen LogP contribution in [0.2, 0.25) is 5.02 Å². The van der Waals surface area contributed by atoms with Crippen LogP contribution in [0, 0.1) is 0 Å². The SMILES string of the molecule is CCNC(=O)c1cccc(CNC(=NC)NCC(C)Oc2ccc(Cl)cc2)c1.I. The molecule has 8 heteroatoms. The average molecular weight is 531 g/mol. The number of benzene rings is 2. The second kappa shape index (κ2) is 13.3. The first kappa shape index (κ1) is 25.0. The fourth-order valence-corrected chi connectivity index (χ4v) is 2.65. The summed E-state index contributed by atoms with van der Waals surface area (Å²) in [6, 6.07) is 14.8. The van der Waals surface area contributed by atoms with Gasteiger partial charge in [-0.3, -0.25) is 9.79 Å². The highest BCUT2D eigenvalue weighted by molar-refractivity contribution is 14.0. The minimum absolute atomic E-state index is 0. The first-order chi connectivity index (χ1) is 13.5. The molecule has 1 amide bonds. The highest BCUT2D eigenvalue weighted by atomic mass is 127. The van der Waals surface area contributed by atoms with Gasteiger partial charge in [-0.25, -0.2) is 0 Å². The number of nitrogens with zero attached hydrogens (tertiary/aromatic N) is 1. The highest BCUT2D eigenvalue weighted by Gasteiger charge is 2.07. The van der Waals surface area contributed by atoms with Crippen molar-refractivity contribution in [2.75, 3.05) is 20.1 Å². The predicted octanol–water partition coefficient (Wildman–Crippen LogP) is 3.84. The van der Waals surface area contributed by atoms with Gasteiger partial charge in [0.05, 0.1) is 6.54 Å². The molecule has 0 spiro atoms. The van der Waals surface area contributed by atoms with Crippen molar-refractivity contribution in [3.8, 4) is 5.75 Å².